The first-order valence-electron chi connectivity index (χ1n) is 9.86. The first-order valence-corrected chi connectivity index (χ1v) is 9.86. The van der Waals surface area contributed by atoms with Gasteiger partial charge in [0.25, 0.3) is 5.91 Å². The van der Waals surface area contributed by atoms with Crippen LogP contribution in [-0.2, 0) is 14.3 Å². The fourth-order valence-corrected chi connectivity index (χ4v) is 2.89. The zero-order valence-corrected chi connectivity index (χ0v) is 17.4. The van der Waals surface area contributed by atoms with Gasteiger partial charge < -0.3 is 15.4 Å². The number of rotatable bonds is 7. The van der Waals surface area contributed by atoms with Crippen molar-refractivity contribution in [3.05, 3.63) is 95.6 Å². The van der Waals surface area contributed by atoms with Crippen molar-refractivity contribution in [3.8, 4) is 6.07 Å². The van der Waals surface area contributed by atoms with Crippen LogP contribution in [0.2, 0.25) is 0 Å². The zero-order chi connectivity index (χ0) is 22.9. The van der Waals surface area contributed by atoms with Gasteiger partial charge >= 0.3 is 5.97 Å². The third-order valence-electron chi connectivity index (χ3n) is 4.53. The average molecular weight is 427 g/mol. The van der Waals surface area contributed by atoms with Crippen molar-refractivity contribution in [2.75, 3.05) is 10.6 Å². The Morgan fingerprint density at radius 3 is 2.09 bits per heavy atom. The Labute approximate surface area is 185 Å². The molecule has 3 aromatic carbocycles. The van der Waals surface area contributed by atoms with Gasteiger partial charge in [-0.05, 0) is 43.3 Å². The quantitative estimate of drug-likeness (QED) is 0.544. The number of nitrogens with zero attached hydrogens (tertiary/aromatic N) is 1. The molecule has 32 heavy (non-hydrogen) atoms. The van der Waals surface area contributed by atoms with E-state index in [0.29, 0.717) is 16.9 Å². The minimum Gasteiger partial charge on any atom is -0.444 e. The molecular weight excluding hydrogens is 406 g/mol. The van der Waals surface area contributed by atoms with Gasteiger partial charge in [-0.15, -0.1) is 0 Å². The van der Waals surface area contributed by atoms with Crippen molar-refractivity contribution < 1.29 is 19.1 Å². The fourth-order valence-electron chi connectivity index (χ4n) is 2.89. The van der Waals surface area contributed by atoms with Crippen molar-refractivity contribution >= 4 is 29.2 Å². The van der Waals surface area contributed by atoms with Crippen LogP contribution in [0.25, 0.3) is 0 Å². The molecule has 0 spiro atoms. The molecule has 0 bridgehead atoms. The molecular formula is C25H21N3O4. The minimum atomic E-state index is -1.15. The van der Waals surface area contributed by atoms with Crippen molar-refractivity contribution in [2.45, 2.75) is 19.4 Å². The fraction of sp³-hybridized carbons (Fsp3) is 0.120. The smallest absolute Gasteiger partial charge is 0.339 e. The Balaban J connectivity index is 1.75. The Bertz CT molecular complexity index is 1130. The molecule has 7 nitrogen and oxygen atoms in total. The van der Waals surface area contributed by atoms with Crippen molar-refractivity contribution in [3.63, 3.8) is 0 Å². The molecule has 0 heterocycles. The van der Waals surface area contributed by atoms with E-state index in [4.69, 9.17) is 10.00 Å². The maximum absolute atomic E-state index is 12.9. The molecule has 3 rings (SSSR count). The first-order chi connectivity index (χ1) is 15.5. The maximum atomic E-state index is 12.9. The normalized spacial score (nSPS) is 11.0. The lowest BCUT2D eigenvalue weighted by molar-refractivity contribution is -0.125. The summed E-state index contributed by atoms with van der Waals surface area (Å²) < 4.78 is 5.56. The highest BCUT2D eigenvalue weighted by atomic mass is 16.5. The summed E-state index contributed by atoms with van der Waals surface area (Å²) in [6.45, 7) is 1.94. The molecule has 0 fully saturated rings. The number of carbonyl (C=O) groups excluding carboxylic acids is 3. The van der Waals surface area contributed by atoms with Crippen LogP contribution in [0.3, 0.4) is 0 Å². The van der Waals surface area contributed by atoms with E-state index in [0.717, 1.165) is 5.56 Å². The molecule has 0 aliphatic rings. The number of benzene rings is 3. The third-order valence-corrected chi connectivity index (χ3v) is 4.53. The second-order valence-corrected chi connectivity index (χ2v) is 7.01. The van der Waals surface area contributed by atoms with Gasteiger partial charge in [-0.25, -0.2) is 4.79 Å². The molecule has 1 atom stereocenters. The van der Waals surface area contributed by atoms with Crippen LogP contribution in [0.1, 0.15) is 34.0 Å². The van der Waals surface area contributed by atoms with Crippen LogP contribution in [0, 0.1) is 18.3 Å². The SMILES string of the molecule is Cc1ccc(NC(=O)C(OC(=O)c2ccc(NC(=O)CC#N)cc2)c2ccccc2)cc1. The van der Waals surface area contributed by atoms with Crippen LogP contribution >= 0.6 is 0 Å². The number of anilines is 2. The summed E-state index contributed by atoms with van der Waals surface area (Å²) >= 11 is 0. The molecule has 0 aromatic heterocycles. The second kappa shape index (κ2) is 10.5. The second-order valence-electron chi connectivity index (χ2n) is 7.01. The number of aryl methyl sites for hydroxylation is 1. The molecule has 2 N–H and O–H groups in total. The Hall–Kier alpha value is -4.44. The summed E-state index contributed by atoms with van der Waals surface area (Å²) in [5.74, 6) is -1.61. The highest BCUT2D eigenvalue weighted by Gasteiger charge is 2.26. The van der Waals surface area contributed by atoms with E-state index in [9.17, 15) is 14.4 Å². The van der Waals surface area contributed by atoms with E-state index in [-0.39, 0.29) is 12.0 Å². The van der Waals surface area contributed by atoms with Crippen LogP contribution in [0.4, 0.5) is 11.4 Å². The van der Waals surface area contributed by atoms with Gasteiger partial charge in [-0.2, -0.15) is 5.26 Å². The zero-order valence-electron chi connectivity index (χ0n) is 17.4. The molecule has 2 amide bonds. The van der Waals surface area contributed by atoms with Gasteiger partial charge in [0.1, 0.15) is 6.42 Å². The molecule has 1 unspecified atom stereocenters. The van der Waals surface area contributed by atoms with Gasteiger partial charge in [0.2, 0.25) is 12.0 Å². The lowest BCUT2D eigenvalue weighted by Gasteiger charge is -2.18. The van der Waals surface area contributed by atoms with E-state index in [1.165, 1.54) is 24.3 Å². The van der Waals surface area contributed by atoms with Gasteiger partial charge in [-0.1, -0.05) is 48.0 Å². The lowest BCUT2D eigenvalue weighted by atomic mass is 10.1. The number of amides is 2. The van der Waals surface area contributed by atoms with E-state index >= 15 is 0 Å². The van der Waals surface area contributed by atoms with Crippen LogP contribution in [0.5, 0.6) is 0 Å². The number of nitrogens with one attached hydrogen (secondary N) is 2. The Morgan fingerprint density at radius 2 is 1.47 bits per heavy atom. The molecule has 0 aliphatic carbocycles. The monoisotopic (exact) mass is 427 g/mol. The number of esters is 1. The average Bonchev–Trinajstić information content (AvgIpc) is 2.80. The standard InChI is InChI=1S/C25H21N3O4/c1-17-7-11-21(12-8-17)28-24(30)23(18-5-3-2-4-6-18)32-25(31)19-9-13-20(14-10-19)27-22(29)15-16-26/h2-14,23H,15H2,1H3,(H,27,29)(H,28,30). The number of nitriles is 1. The number of carbonyl (C=O) groups is 3. The highest BCUT2D eigenvalue weighted by molar-refractivity contribution is 5.98. The third kappa shape index (κ3) is 6.03. The van der Waals surface area contributed by atoms with Crippen LogP contribution < -0.4 is 10.6 Å². The molecule has 0 saturated carbocycles. The summed E-state index contributed by atoms with van der Waals surface area (Å²) in [6.07, 6.45) is -1.42. The van der Waals surface area contributed by atoms with Crippen LogP contribution in [0.15, 0.2) is 78.9 Å². The topological polar surface area (TPSA) is 108 Å². The molecule has 0 saturated heterocycles. The van der Waals surface area contributed by atoms with Crippen molar-refractivity contribution in [1.82, 2.24) is 0 Å². The van der Waals surface area contributed by atoms with Gasteiger partial charge in [0.15, 0.2) is 0 Å². The van der Waals surface area contributed by atoms with Crippen LogP contribution in [-0.4, -0.2) is 17.8 Å². The minimum absolute atomic E-state index is 0.215. The summed E-state index contributed by atoms with van der Waals surface area (Å²) in [5.41, 5.74) is 2.84. The van der Waals surface area contributed by atoms with Gasteiger partial charge in [0.05, 0.1) is 11.6 Å². The van der Waals surface area contributed by atoms with E-state index in [1.54, 1.807) is 48.5 Å². The first kappa shape index (κ1) is 22.2. The molecule has 0 aliphatic heterocycles. The molecule has 160 valence electrons. The maximum Gasteiger partial charge on any atom is 0.339 e. The van der Waals surface area contributed by atoms with Gasteiger partial charge in [-0.3, -0.25) is 9.59 Å². The number of hydrogen-bond acceptors (Lipinski definition) is 5. The van der Waals surface area contributed by atoms with E-state index in [1.807, 2.05) is 19.1 Å². The predicted molar refractivity (Wildman–Crippen MR) is 120 cm³/mol. The Kier molecular flexibility index (Phi) is 7.33. The molecule has 7 heteroatoms. The van der Waals surface area contributed by atoms with E-state index < -0.39 is 23.9 Å². The largest absolute Gasteiger partial charge is 0.444 e. The summed E-state index contributed by atoms with van der Waals surface area (Å²) in [6, 6.07) is 23.8. The summed E-state index contributed by atoms with van der Waals surface area (Å²) in [5, 5.41) is 13.9. The van der Waals surface area contributed by atoms with Crippen molar-refractivity contribution in [2.24, 2.45) is 0 Å². The Morgan fingerprint density at radius 1 is 0.875 bits per heavy atom. The summed E-state index contributed by atoms with van der Waals surface area (Å²) in [7, 11) is 0. The predicted octanol–water partition coefficient (Wildman–Crippen LogP) is 4.38. The van der Waals surface area contributed by atoms with Gasteiger partial charge in [0, 0.05) is 16.9 Å². The number of hydrogen-bond donors (Lipinski definition) is 2. The van der Waals surface area contributed by atoms with Crippen molar-refractivity contribution in [1.29, 1.82) is 5.26 Å². The van der Waals surface area contributed by atoms with E-state index in [2.05, 4.69) is 10.6 Å². The lowest BCUT2D eigenvalue weighted by Crippen LogP contribution is -2.26. The summed E-state index contributed by atoms with van der Waals surface area (Å²) in [4.78, 5) is 37.2. The molecule has 0 radical (unpaired) electrons. The highest BCUT2D eigenvalue weighted by Crippen LogP contribution is 2.22. The molecule has 3 aromatic rings. The number of ether oxygens (including phenoxy) is 1.